The van der Waals surface area contributed by atoms with Crippen molar-refractivity contribution in [1.82, 2.24) is 9.88 Å². The van der Waals surface area contributed by atoms with Crippen LogP contribution in [0.5, 0.6) is 11.5 Å². The minimum Gasteiger partial charge on any atom is -0.497 e. The van der Waals surface area contributed by atoms with Crippen molar-refractivity contribution in [3.05, 3.63) is 66.0 Å². The van der Waals surface area contributed by atoms with Crippen molar-refractivity contribution < 1.29 is 19.4 Å². The highest BCUT2D eigenvalue weighted by atomic mass is 16.5. The van der Waals surface area contributed by atoms with Crippen LogP contribution in [-0.4, -0.2) is 47.8 Å². The largest absolute Gasteiger partial charge is 0.497 e. The number of benzene rings is 2. The number of nitrogens with zero attached hydrogens (tertiary/aromatic N) is 2. The molecule has 0 bridgehead atoms. The van der Waals surface area contributed by atoms with Gasteiger partial charge in [0, 0.05) is 29.4 Å². The van der Waals surface area contributed by atoms with Crippen molar-refractivity contribution in [2.75, 3.05) is 20.8 Å². The molecule has 4 rings (SSSR count). The van der Waals surface area contributed by atoms with Crippen LogP contribution in [0.4, 0.5) is 0 Å². The summed E-state index contributed by atoms with van der Waals surface area (Å²) in [6.45, 7) is 0.713. The molecule has 2 heterocycles. The third-order valence-electron chi connectivity index (χ3n) is 5.88. The first-order valence-corrected chi connectivity index (χ1v) is 10.2. The molecule has 1 N–H and O–H groups in total. The van der Waals surface area contributed by atoms with Crippen molar-refractivity contribution in [3.8, 4) is 11.5 Å². The van der Waals surface area contributed by atoms with Crippen LogP contribution in [0.1, 0.15) is 36.4 Å². The van der Waals surface area contributed by atoms with Crippen LogP contribution >= 0.6 is 0 Å². The predicted molar refractivity (Wildman–Crippen MR) is 115 cm³/mol. The summed E-state index contributed by atoms with van der Waals surface area (Å²) in [4.78, 5) is 18.4. The lowest BCUT2D eigenvalue weighted by Gasteiger charge is -2.40. The SMILES string of the molecule is COc1ccc(C(c2ccc3cnccc3c2)N2CCCCC2C(=O)O)c(OC)c1. The van der Waals surface area contributed by atoms with Crippen LogP contribution in [0.15, 0.2) is 54.9 Å². The Bertz CT molecular complexity index is 1050. The molecule has 1 saturated heterocycles. The smallest absolute Gasteiger partial charge is 0.320 e. The number of carboxylic acids is 1. The molecule has 2 unspecified atom stereocenters. The lowest BCUT2D eigenvalue weighted by molar-refractivity contribution is -0.145. The highest BCUT2D eigenvalue weighted by molar-refractivity contribution is 5.82. The highest BCUT2D eigenvalue weighted by Gasteiger charge is 2.36. The van der Waals surface area contributed by atoms with Crippen LogP contribution in [-0.2, 0) is 4.79 Å². The number of hydrogen-bond donors (Lipinski definition) is 1. The van der Waals surface area contributed by atoms with E-state index >= 15 is 0 Å². The number of rotatable bonds is 6. The van der Waals surface area contributed by atoms with Gasteiger partial charge in [-0.15, -0.1) is 0 Å². The molecule has 1 aliphatic heterocycles. The summed E-state index contributed by atoms with van der Waals surface area (Å²) in [5, 5.41) is 12.1. The highest BCUT2D eigenvalue weighted by Crippen LogP contribution is 2.40. The van der Waals surface area contributed by atoms with Gasteiger partial charge in [0.05, 0.1) is 20.3 Å². The number of hydrogen-bond acceptors (Lipinski definition) is 5. The first kappa shape index (κ1) is 20.2. The number of methoxy groups -OCH3 is 2. The molecule has 0 amide bonds. The van der Waals surface area contributed by atoms with Gasteiger partial charge in [-0.1, -0.05) is 18.6 Å². The number of pyridine rings is 1. The van der Waals surface area contributed by atoms with Crippen LogP contribution in [0, 0.1) is 0 Å². The summed E-state index contributed by atoms with van der Waals surface area (Å²) in [5.74, 6) is 0.605. The predicted octanol–water partition coefficient (Wildman–Crippen LogP) is 4.28. The molecular formula is C24H26N2O4. The van der Waals surface area contributed by atoms with Crippen LogP contribution in [0.25, 0.3) is 10.8 Å². The maximum absolute atomic E-state index is 12.1. The van der Waals surface area contributed by atoms with E-state index in [0.29, 0.717) is 24.5 Å². The molecule has 2 atom stereocenters. The number of carboxylic acid groups (broad SMARTS) is 1. The maximum atomic E-state index is 12.1. The van der Waals surface area contributed by atoms with Crippen molar-refractivity contribution in [2.24, 2.45) is 0 Å². The van der Waals surface area contributed by atoms with Gasteiger partial charge in [-0.2, -0.15) is 0 Å². The van der Waals surface area contributed by atoms with Gasteiger partial charge < -0.3 is 14.6 Å². The molecule has 0 saturated carbocycles. The Morgan fingerprint density at radius 1 is 1.10 bits per heavy atom. The number of piperidine rings is 1. The quantitative estimate of drug-likeness (QED) is 0.659. The van der Waals surface area contributed by atoms with E-state index in [1.165, 1.54) is 0 Å². The van der Waals surface area contributed by atoms with Gasteiger partial charge in [0.1, 0.15) is 17.5 Å². The molecule has 6 nitrogen and oxygen atoms in total. The zero-order valence-corrected chi connectivity index (χ0v) is 17.2. The Balaban J connectivity index is 1.89. The normalized spacial score (nSPS) is 18.1. The minimum absolute atomic E-state index is 0.246. The second kappa shape index (κ2) is 8.71. The molecule has 1 aromatic heterocycles. The maximum Gasteiger partial charge on any atom is 0.320 e. The van der Waals surface area contributed by atoms with Gasteiger partial charge in [-0.3, -0.25) is 14.7 Å². The Morgan fingerprint density at radius 3 is 2.73 bits per heavy atom. The molecule has 0 spiro atoms. The number of aromatic nitrogens is 1. The monoisotopic (exact) mass is 406 g/mol. The van der Waals surface area contributed by atoms with Crippen molar-refractivity contribution in [3.63, 3.8) is 0 Å². The zero-order valence-electron chi connectivity index (χ0n) is 17.2. The molecule has 156 valence electrons. The molecule has 0 aliphatic carbocycles. The summed E-state index contributed by atoms with van der Waals surface area (Å²) in [6, 6.07) is 13.2. The van der Waals surface area contributed by atoms with Crippen LogP contribution in [0.2, 0.25) is 0 Å². The van der Waals surface area contributed by atoms with E-state index < -0.39 is 12.0 Å². The third-order valence-corrected chi connectivity index (χ3v) is 5.88. The second-order valence-electron chi connectivity index (χ2n) is 7.58. The van der Waals surface area contributed by atoms with Crippen molar-refractivity contribution in [2.45, 2.75) is 31.3 Å². The number of likely N-dealkylation sites (tertiary alicyclic amines) is 1. The fourth-order valence-corrected chi connectivity index (χ4v) is 4.39. The van der Waals surface area contributed by atoms with E-state index in [2.05, 4.69) is 22.0 Å². The first-order chi connectivity index (χ1) is 14.6. The van der Waals surface area contributed by atoms with E-state index in [-0.39, 0.29) is 6.04 Å². The van der Waals surface area contributed by atoms with Gasteiger partial charge in [-0.25, -0.2) is 0 Å². The van der Waals surface area contributed by atoms with Gasteiger partial charge in [0.15, 0.2) is 0 Å². The molecule has 30 heavy (non-hydrogen) atoms. The van der Waals surface area contributed by atoms with Crippen LogP contribution in [0.3, 0.4) is 0 Å². The summed E-state index contributed by atoms with van der Waals surface area (Å²) in [6.07, 6.45) is 6.14. The molecule has 2 aromatic carbocycles. The average molecular weight is 406 g/mol. The Labute approximate surface area is 176 Å². The second-order valence-corrected chi connectivity index (χ2v) is 7.58. The molecular weight excluding hydrogens is 380 g/mol. The third kappa shape index (κ3) is 3.83. The van der Waals surface area contributed by atoms with E-state index in [1.54, 1.807) is 20.4 Å². The summed E-state index contributed by atoms with van der Waals surface area (Å²) in [5.41, 5.74) is 1.96. The van der Waals surface area contributed by atoms with Crippen molar-refractivity contribution in [1.29, 1.82) is 0 Å². The van der Waals surface area contributed by atoms with Gasteiger partial charge in [0.25, 0.3) is 0 Å². The fraction of sp³-hybridized carbons (Fsp3) is 0.333. The number of aliphatic carboxylic acids is 1. The van der Waals surface area contributed by atoms with E-state index in [4.69, 9.17) is 9.47 Å². The minimum atomic E-state index is -0.780. The van der Waals surface area contributed by atoms with Crippen LogP contribution < -0.4 is 9.47 Å². The van der Waals surface area contributed by atoms with Gasteiger partial charge in [0.2, 0.25) is 0 Å². The molecule has 1 aliphatic rings. The summed E-state index contributed by atoms with van der Waals surface area (Å²) in [7, 11) is 3.25. The molecule has 0 radical (unpaired) electrons. The Hall–Kier alpha value is -3.12. The fourth-order valence-electron chi connectivity index (χ4n) is 4.39. The van der Waals surface area contributed by atoms with Crippen molar-refractivity contribution >= 4 is 16.7 Å². The van der Waals surface area contributed by atoms with E-state index in [1.807, 2.05) is 36.5 Å². The topological polar surface area (TPSA) is 71.9 Å². The summed E-state index contributed by atoms with van der Waals surface area (Å²) < 4.78 is 11.1. The van der Waals surface area contributed by atoms with E-state index in [0.717, 1.165) is 34.7 Å². The van der Waals surface area contributed by atoms with Gasteiger partial charge in [-0.05, 0) is 54.6 Å². The number of ether oxygens (including phenoxy) is 2. The molecule has 1 fully saturated rings. The average Bonchev–Trinajstić information content (AvgIpc) is 2.79. The first-order valence-electron chi connectivity index (χ1n) is 10.2. The summed E-state index contributed by atoms with van der Waals surface area (Å²) >= 11 is 0. The molecule has 3 aromatic rings. The number of fused-ring (bicyclic) bond motifs is 1. The number of carbonyl (C=O) groups is 1. The zero-order chi connectivity index (χ0) is 21.1. The lowest BCUT2D eigenvalue weighted by Crippen LogP contribution is -2.46. The Kier molecular flexibility index (Phi) is 5.86. The molecule has 6 heteroatoms. The Morgan fingerprint density at radius 2 is 1.97 bits per heavy atom. The standard InChI is InChI=1S/C24H26N2O4/c1-29-19-8-9-20(22(14-19)30-2)23(26-12-4-3-5-21(26)24(27)28)17-6-7-18-15-25-11-10-16(18)13-17/h6-11,13-15,21,23H,3-5,12H2,1-2H3,(H,27,28). The van der Waals surface area contributed by atoms with Gasteiger partial charge >= 0.3 is 5.97 Å². The lowest BCUT2D eigenvalue weighted by atomic mass is 9.90. The van der Waals surface area contributed by atoms with E-state index in [9.17, 15) is 9.90 Å².